The number of nitrogens with one attached hydrogen (secondary N) is 1. The molecule has 1 aromatic carbocycles. The molecule has 132 valence electrons. The van der Waals surface area contributed by atoms with Gasteiger partial charge in [-0.3, -0.25) is 0 Å². The van der Waals surface area contributed by atoms with Crippen molar-refractivity contribution < 1.29 is 0 Å². The van der Waals surface area contributed by atoms with Crippen LogP contribution in [0.1, 0.15) is 12.2 Å². The van der Waals surface area contributed by atoms with Gasteiger partial charge in [0.05, 0.1) is 10.0 Å². The molecule has 0 saturated carbocycles. The molecule has 5 nitrogen and oxygen atoms in total. The van der Waals surface area contributed by atoms with Crippen LogP contribution in [-0.4, -0.2) is 40.1 Å². The lowest BCUT2D eigenvalue weighted by molar-refractivity contribution is 0.570. The van der Waals surface area contributed by atoms with Crippen molar-refractivity contribution in [2.45, 2.75) is 22.3 Å². The molecule has 25 heavy (non-hydrogen) atoms. The molecule has 1 N–H and O–H groups in total. The van der Waals surface area contributed by atoms with Crippen molar-refractivity contribution in [3.05, 3.63) is 34.1 Å². The fraction of sp³-hybridized carbons (Fsp3) is 0.400. The van der Waals surface area contributed by atoms with Crippen LogP contribution in [0.25, 0.3) is 11.4 Å². The van der Waals surface area contributed by atoms with Crippen LogP contribution in [-0.2, 0) is 3.79 Å². The molecule has 3 heterocycles. The Balaban J connectivity index is 1.80. The van der Waals surface area contributed by atoms with Gasteiger partial charge in [0.15, 0.2) is 11.6 Å². The Bertz CT molecular complexity index is 824. The zero-order valence-electron chi connectivity index (χ0n) is 12.7. The summed E-state index contributed by atoms with van der Waals surface area (Å²) in [6, 6.07) is 5.90. The average molecular weight is 440 g/mol. The molecule has 2 fully saturated rings. The second-order valence-electron chi connectivity index (χ2n) is 6.06. The number of aromatic nitrogens is 3. The van der Waals surface area contributed by atoms with Gasteiger partial charge in [-0.05, 0) is 24.6 Å². The van der Waals surface area contributed by atoms with Crippen LogP contribution in [0.3, 0.4) is 0 Å². The number of nitrogens with zero attached hydrogens (tertiary/aromatic N) is 4. The Hall–Kier alpha value is -0.560. The predicted molar refractivity (Wildman–Crippen MR) is 102 cm³/mol. The minimum atomic E-state index is -1.75. The summed E-state index contributed by atoms with van der Waals surface area (Å²) in [6.07, 6.45) is 1.05. The van der Waals surface area contributed by atoms with E-state index in [-0.39, 0.29) is 5.82 Å². The summed E-state index contributed by atoms with van der Waals surface area (Å²) in [5, 5.41) is 4.29. The lowest BCUT2D eigenvalue weighted by Crippen LogP contribution is -2.44. The summed E-state index contributed by atoms with van der Waals surface area (Å²) < 4.78 is -1.75. The van der Waals surface area contributed by atoms with Gasteiger partial charge in [0, 0.05) is 30.7 Å². The van der Waals surface area contributed by atoms with Crippen LogP contribution >= 0.6 is 58.0 Å². The van der Waals surface area contributed by atoms with Gasteiger partial charge < -0.3 is 10.2 Å². The summed E-state index contributed by atoms with van der Waals surface area (Å²) in [5.74, 6) is 0.978. The highest BCUT2D eigenvalue weighted by atomic mass is 35.6. The first-order valence-electron chi connectivity index (χ1n) is 7.60. The highest BCUT2D eigenvalue weighted by Crippen LogP contribution is 2.38. The fourth-order valence-electron chi connectivity index (χ4n) is 3.19. The molecule has 0 spiro atoms. The second-order valence-corrected chi connectivity index (χ2v) is 9.15. The number of anilines is 1. The maximum atomic E-state index is 6.11. The van der Waals surface area contributed by atoms with Crippen LogP contribution < -0.4 is 10.2 Å². The third kappa shape index (κ3) is 3.51. The second kappa shape index (κ2) is 6.55. The van der Waals surface area contributed by atoms with E-state index in [0.29, 0.717) is 39.5 Å². The number of hydrogen-bond acceptors (Lipinski definition) is 5. The van der Waals surface area contributed by atoms with Gasteiger partial charge in [0.2, 0.25) is 9.74 Å². The van der Waals surface area contributed by atoms with Crippen LogP contribution in [0.15, 0.2) is 18.2 Å². The molecule has 2 aliphatic heterocycles. The van der Waals surface area contributed by atoms with Crippen molar-refractivity contribution in [3.63, 3.8) is 0 Å². The molecular formula is C15H12Cl5N5. The van der Waals surface area contributed by atoms with E-state index < -0.39 is 3.79 Å². The maximum Gasteiger partial charge on any atom is 0.250 e. The van der Waals surface area contributed by atoms with Crippen LogP contribution in [0.2, 0.25) is 10.0 Å². The predicted octanol–water partition coefficient (Wildman–Crippen LogP) is 4.22. The molecule has 0 amide bonds. The molecule has 2 unspecified atom stereocenters. The van der Waals surface area contributed by atoms with Crippen LogP contribution in [0.4, 0.5) is 5.95 Å². The highest BCUT2D eigenvalue weighted by Gasteiger charge is 2.40. The maximum absolute atomic E-state index is 6.11. The number of halogens is 5. The van der Waals surface area contributed by atoms with Crippen molar-refractivity contribution in [1.29, 1.82) is 0 Å². The molecule has 2 saturated heterocycles. The van der Waals surface area contributed by atoms with Crippen molar-refractivity contribution in [3.8, 4) is 11.4 Å². The van der Waals surface area contributed by atoms with E-state index in [1.54, 1.807) is 18.2 Å². The summed E-state index contributed by atoms with van der Waals surface area (Å²) >= 11 is 30.2. The topological polar surface area (TPSA) is 53.9 Å². The van der Waals surface area contributed by atoms with E-state index in [0.717, 1.165) is 19.5 Å². The summed E-state index contributed by atoms with van der Waals surface area (Å²) in [7, 11) is 0. The number of piperazine rings is 1. The van der Waals surface area contributed by atoms with Gasteiger partial charge in [0.25, 0.3) is 0 Å². The Morgan fingerprint density at radius 2 is 1.88 bits per heavy atom. The van der Waals surface area contributed by atoms with E-state index >= 15 is 0 Å². The molecule has 0 aliphatic carbocycles. The number of hydrogen-bond donors (Lipinski definition) is 1. The van der Waals surface area contributed by atoms with Gasteiger partial charge in [-0.2, -0.15) is 9.97 Å². The van der Waals surface area contributed by atoms with Gasteiger partial charge in [-0.25, -0.2) is 4.98 Å². The lowest BCUT2D eigenvalue weighted by atomic mass is 10.2. The molecule has 2 aliphatic rings. The third-order valence-electron chi connectivity index (χ3n) is 4.37. The smallest absolute Gasteiger partial charge is 0.250 e. The first kappa shape index (κ1) is 17.8. The van der Waals surface area contributed by atoms with Gasteiger partial charge >= 0.3 is 0 Å². The number of alkyl halides is 3. The fourth-order valence-corrected chi connectivity index (χ4v) is 3.74. The zero-order valence-corrected chi connectivity index (χ0v) is 16.5. The normalized spacial score (nSPS) is 22.7. The minimum Gasteiger partial charge on any atom is -0.335 e. The molecule has 1 aromatic heterocycles. The Morgan fingerprint density at radius 3 is 2.48 bits per heavy atom. The quantitative estimate of drug-likeness (QED) is 0.710. The molecular weight excluding hydrogens is 427 g/mol. The van der Waals surface area contributed by atoms with E-state index in [4.69, 9.17) is 58.0 Å². The molecule has 2 aromatic rings. The highest BCUT2D eigenvalue weighted by molar-refractivity contribution is 6.66. The van der Waals surface area contributed by atoms with Crippen molar-refractivity contribution >= 4 is 64.0 Å². The third-order valence-corrected chi connectivity index (χ3v) is 5.61. The number of rotatable bonds is 2. The van der Waals surface area contributed by atoms with Gasteiger partial charge in [0.1, 0.15) is 0 Å². The SMILES string of the molecule is Clc1ccc(-c2nc(N3CC4CC3CN4)nc(C(Cl)(Cl)Cl)n2)cc1Cl. The molecule has 2 bridgehead atoms. The molecule has 2 atom stereocenters. The van der Waals surface area contributed by atoms with Crippen molar-refractivity contribution in [1.82, 2.24) is 20.3 Å². The van der Waals surface area contributed by atoms with Crippen LogP contribution in [0.5, 0.6) is 0 Å². The van der Waals surface area contributed by atoms with Gasteiger partial charge in [-0.1, -0.05) is 58.0 Å². The number of benzene rings is 1. The van der Waals surface area contributed by atoms with E-state index in [1.165, 1.54) is 0 Å². The summed E-state index contributed by atoms with van der Waals surface area (Å²) in [4.78, 5) is 15.4. The summed E-state index contributed by atoms with van der Waals surface area (Å²) in [5.41, 5.74) is 0.677. The van der Waals surface area contributed by atoms with E-state index in [2.05, 4.69) is 25.2 Å². The Labute approximate surface area is 169 Å². The standard InChI is InChI=1S/C15H12Cl5N5/c16-10-2-1-7(3-11(10)17)12-22-13(15(18,19)20)24-14(23-12)25-6-8-4-9(25)5-21-8/h1-3,8-9,21H,4-6H2. The minimum absolute atomic E-state index is 0.0827. The summed E-state index contributed by atoms with van der Waals surface area (Å²) in [6.45, 7) is 1.70. The average Bonchev–Trinajstić information content (AvgIpc) is 3.19. The first-order chi connectivity index (χ1) is 11.8. The Kier molecular flexibility index (Phi) is 4.67. The van der Waals surface area contributed by atoms with E-state index in [9.17, 15) is 0 Å². The molecule has 10 heteroatoms. The zero-order chi connectivity index (χ0) is 17.8. The monoisotopic (exact) mass is 437 g/mol. The number of fused-ring (bicyclic) bond motifs is 2. The lowest BCUT2D eigenvalue weighted by Gasteiger charge is -2.28. The molecule has 4 rings (SSSR count). The van der Waals surface area contributed by atoms with Gasteiger partial charge in [-0.15, -0.1) is 0 Å². The largest absolute Gasteiger partial charge is 0.335 e. The first-order valence-corrected chi connectivity index (χ1v) is 9.49. The van der Waals surface area contributed by atoms with Crippen LogP contribution in [0, 0.1) is 0 Å². The molecule has 0 radical (unpaired) electrons. The Morgan fingerprint density at radius 1 is 1.08 bits per heavy atom. The van der Waals surface area contributed by atoms with E-state index in [1.807, 2.05) is 0 Å². The van der Waals surface area contributed by atoms with Crippen molar-refractivity contribution in [2.75, 3.05) is 18.0 Å². The van der Waals surface area contributed by atoms with Crippen molar-refractivity contribution in [2.24, 2.45) is 0 Å².